The van der Waals surface area contributed by atoms with E-state index in [4.69, 9.17) is 4.74 Å². The van der Waals surface area contributed by atoms with Crippen LogP contribution in [-0.2, 0) is 9.53 Å². The molecule has 3 fully saturated rings. The molecule has 0 radical (unpaired) electrons. The van der Waals surface area contributed by atoms with Crippen LogP contribution in [0.25, 0.3) is 0 Å². The first kappa shape index (κ1) is 16.1. The Morgan fingerprint density at radius 1 is 1.17 bits per heavy atom. The summed E-state index contributed by atoms with van der Waals surface area (Å²) in [6.07, 6.45) is 8.84. The van der Waals surface area contributed by atoms with E-state index in [1.54, 1.807) is 12.1 Å². The molecule has 4 rings (SSSR count). The molecule has 2 aliphatic carbocycles. The van der Waals surface area contributed by atoms with E-state index in [0.29, 0.717) is 0 Å². The van der Waals surface area contributed by atoms with Crippen molar-refractivity contribution in [2.45, 2.75) is 68.9 Å². The lowest BCUT2D eigenvalue weighted by atomic mass is 9.78. The number of hydrogen-bond acceptors (Lipinski definition) is 2. The zero-order chi connectivity index (χ0) is 16.6. The topological polar surface area (TPSA) is 38.3 Å². The highest BCUT2D eigenvalue weighted by atomic mass is 19.1. The van der Waals surface area contributed by atoms with Crippen LogP contribution in [0, 0.1) is 11.7 Å². The predicted octanol–water partition coefficient (Wildman–Crippen LogP) is 3.93. The molecular weight excluding hydrogens is 305 g/mol. The Kier molecular flexibility index (Phi) is 4.33. The average Bonchev–Trinajstić information content (AvgIpc) is 3.37. The molecule has 3 aliphatic rings. The van der Waals surface area contributed by atoms with Crippen LogP contribution >= 0.6 is 0 Å². The van der Waals surface area contributed by atoms with E-state index in [0.717, 1.165) is 44.3 Å². The van der Waals surface area contributed by atoms with Gasteiger partial charge in [-0.05, 0) is 55.7 Å². The van der Waals surface area contributed by atoms with Gasteiger partial charge in [0.05, 0.1) is 5.60 Å². The molecule has 130 valence electrons. The van der Waals surface area contributed by atoms with Crippen molar-refractivity contribution in [1.29, 1.82) is 0 Å². The Bertz CT molecular complexity index is 589. The van der Waals surface area contributed by atoms with E-state index in [2.05, 4.69) is 5.32 Å². The number of halogens is 1. The van der Waals surface area contributed by atoms with E-state index < -0.39 is 0 Å². The Hall–Kier alpha value is -1.42. The van der Waals surface area contributed by atoms with Gasteiger partial charge in [0, 0.05) is 18.6 Å². The Morgan fingerprint density at radius 2 is 1.92 bits per heavy atom. The summed E-state index contributed by atoms with van der Waals surface area (Å²) in [7, 11) is 0. The fourth-order valence-electron chi connectivity index (χ4n) is 4.57. The quantitative estimate of drug-likeness (QED) is 0.911. The van der Waals surface area contributed by atoms with Gasteiger partial charge in [-0.3, -0.25) is 4.79 Å². The Labute approximate surface area is 143 Å². The Morgan fingerprint density at radius 3 is 2.67 bits per heavy atom. The van der Waals surface area contributed by atoms with Gasteiger partial charge in [0.25, 0.3) is 0 Å². The van der Waals surface area contributed by atoms with Gasteiger partial charge in [0.1, 0.15) is 5.82 Å². The highest BCUT2D eigenvalue weighted by Crippen LogP contribution is 2.48. The van der Waals surface area contributed by atoms with Crippen LogP contribution in [0.4, 0.5) is 4.39 Å². The first-order chi connectivity index (χ1) is 11.7. The van der Waals surface area contributed by atoms with Crippen molar-refractivity contribution in [2.24, 2.45) is 5.92 Å². The molecule has 1 aliphatic heterocycles. The summed E-state index contributed by atoms with van der Waals surface area (Å²) in [5.74, 6) is 0.261. The van der Waals surface area contributed by atoms with Crippen molar-refractivity contribution < 1.29 is 13.9 Å². The fourth-order valence-corrected chi connectivity index (χ4v) is 4.57. The van der Waals surface area contributed by atoms with Gasteiger partial charge in [-0.25, -0.2) is 4.39 Å². The molecule has 24 heavy (non-hydrogen) atoms. The summed E-state index contributed by atoms with van der Waals surface area (Å²) in [5.41, 5.74) is 1.10. The average molecular weight is 331 g/mol. The predicted molar refractivity (Wildman–Crippen MR) is 90.2 cm³/mol. The number of nitrogens with one attached hydrogen (secondary N) is 1. The number of amides is 1. The van der Waals surface area contributed by atoms with Crippen molar-refractivity contribution in [3.05, 3.63) is 35.6 Å². The maximum atomic E-state index is 13.0. The smallest absolute Gasteiger partial charge is 0.223 e. The summed E-state index contributed by atoms with van der Waals surface area (Å²) < 4.78 is 19.1. The normalized spacial score (nSPS) is 31.6. The van der Waals surface area contributed by atoms with Crippen LogP contribution in [0.2, 0.25) is 0 Å². The monoisotopic (exact) mass is 331 g/mol. The molecule has 1 aromatic carbocycles. The van der Waals surface area contributed by atoms with Crippen LogP contribution in [0.1, 0.15) is 62.8 Å². The highest BCUT2D eigenvalue weighted by molar-refractivity contribution is 5.83. The van der Waals surface area contributed by atoms with Crippen LogP contribution in [0.15, 0.2) is 24.3 Å². The molecule has 1 amide bonds. The summed E-state index contributed by atoms with van der Waals surface area (Å²) in [6, 6.07) is 6.82. The van der Waals surface area contributed by atoms with Gasteiger partial charge in [-0.2, -0.15) is 0 Å². The second-order valence-corrected chi connectivity index (χ2v) is 7.79. The van der Waals surface area contributed by atoms with E-state index in [9.17, 15) is 9.18 Å². The molecule has 1 saturated heterocycles. The number of benzene rings is 1. The van der Waals surface area contributed by atoms with E-state index in [-0.39, 0.29) is 35.2 Å². The summed E-state index contributed by atoms with van der Waals surface area (Å²) in [5, 5.41) is 3.27. The highest BCUT2D eigenvalue weighted by Gasteiger charge is 2.45. The van der Waals surface area contributed by atoms with Crippen molar-refractivity contribution in [2.75, 3.05) is 6.61 Å². The summed E-state index contributed by atoms with van der Waals surface area (Å²) in [6.45, 7) is 0.761. The maximum Gasteiger partial charge on any atom is 0.223 e. The number of ether oxygens (including phenoxy) is 1. The van der Waals surface area contributed by atoms with E-state index in [1.165, 1.54) is 31.4 Å². The molecule has 0 unspecified atom stereocenters. The van der Waals surface area contributed by atoms with Crippen LogP contribution in [-0.4, -0.2) is 24.2 Å². The summed E-state index contributed by atoms with van der Waals surface area (Å²) >= 11 is 0. The van der Waals surface area contributed by atoms with Crippen molar-refractivity contribution in [3.8, 4) is 0 Å². The minimum absolute atomic E-state index is 0.0222. The summed E-state index contributed by atoms with van der Waals surface area (Å²) in [4.78, 5) is 12.6. The third-order valence-electron chi connectivity index (χ3n) is 6.03. The van der Waals surface area contributed by atoms with Gasteiger partial charge in [-0.15, -0.1) is 0 Å². The molecule has 0 bridgehead atoms. The molecule has 3 atom stereocenters. The Balaban J connectivity index is 1.32. The molecule has 1 aromatic rings. The second kappa shape index (κ2) is 6.47. The van der Waals surface area contributed by atoms with Crippen LogP contribution < -0.4 is 5.32 Å². The minimum atomic E-state index is -0.222. The van der Waals surface area contributed by atoms with Gasteiger partial charge < -0.3 is 10.1 Å². The number of carbonyl (C=O) groups is 1. The van der Waals surface area contributed by atoms with Crippen molar-refractivity contribution >= 4 is 5.91 Å². The molecule has 1 N–H and O–H groups in total. The number of hydrogen-bond donors (Lipinski definition) is 1. The zero-order valence-corrected chi connectivity index (χ0v) is 14.1. The van der Waals surface area contributed by atoms with E-state index >= 15 is 0 Å². The van der Waals surface area contributed by atoms with Gasteiger partial charge >= 0.3 is 0 Å². The van der Waals surface area contributed by atoms with Crippen LogP contribution in [0.5, 0.6) is 0 Å². The molecule has 1 spiro atoms. The molecule has 4 heteroatoms. The zero-order valence-electron chi connectivity index (χ0n) is 14.1. The third-order valence-corrected chi connectivity index (χ3v) is 6.03. The standard InChI is InChI=1S/C20H26FNO2/c21-15-6-4-14(5-7-15)17-12-18(17)19(23)22-16-8-11-24-20(13-16)9-2-1-3-10-20/h4-7,16-18H,1-3,8-13H2,(H,22,23)/t16-,17-,18+/m1/s1. The van der Waals surface area contributed by atoms with E-state index in [1.807, 2.05) is 0 Å². The molecule has 2 saturated carbocycles. The fraction of sp³-hybridized carbons (Fsp3) is 0.650. The van der Waals surface area contributed by atoms with Gasteiger partial charge in [0.15, 0.2) is 0 Å². The van der Waals surface area contributed by atoms with Crippen LogP contribution in [0.3, 0.4) is 0 Å². The largest absolute Gasteiger partial charge is 0.375 e. The lowest BCUT2D eigenvalue weighted by Gasteiger charge is -2.43. The SMILES string of the molecule is O=C(N[C@@H]1CCOC2(CCCCC2)C1)[C@H]1C[C@@H]1c1ccc(F)cc1. The first-order valence-corrected chi connectivity index (χ1v) is 9.35. The molecular formula is C20H26FNO2. The third kappa shape index (κ3) is 3.34. The molecule has 0 aromatic heterocycles. The molecule has 3 nitrogen and oxygen atoms in total. The van der Waals surface area contributed by atoms with Crippen molar-refractivity contribution in [1.82, 2.24) is 5.32 Å². The lowest BCUT2D eigenvalue weighted by molar-refractivity contribution is -0.129. The lowest BCUT2D eigenvalue weighted by Crippen LogP contribution is -2.49. The minimum Gasteiger partial charge on any atom is -0.375 e. The maximum absolute atomic E-state index is 13.0. The second-order valence-electron chi connectivity index (χ2n) is 7.79. The van der Waals surface area contributed by atoms with Crippen molar-refractivity contribution in [3.63, 3.8) is 0 Å². The number of rotatable bonds is 3. The van der Waals surface area contributed by atoms with Gasteiger partial charge in [-0.1, -0.05) is 31.4 Å². The molecule has 1 heterocycles. The van der Waals surface area contributed by atoms with Gasteiger partial charge in [0.2, 0.25) is 5.91 Å². The number of carbonyl (C=O) groups excluding carboxylic acids is 1. The first-order valence-electron chi connectivity index (χ1n) is 9.35.